The average molecular weight is 356 g/mol. The van der Waals surface area contributed by atoms with Gasteiger partial charge in [0.25, 0.3) is 0 Å². The first-order valence-electron chi connectivity index (χ1n) is 9.46. The number of aromatic amines is 1. The number of amides is 1. The largest absolute Gasteiger partial charge is 0.350 e. The molecule has 2 aliphatic rings. The summed E-state index contributed by atoms with van der Waals surface area (Å²) in [5.74, 6) is 0.631. The number of nitrogens with one attached hydrogen (secondary N) is 2. The molecule has 2 fully saturated rings. The van der Waals surface area contributed by atoms with E-state index in [9.17, 15) is 9.18 Å². The van der Waals surface area contributed by atoms with Gasteiger partial charge in [-0.15, -0.1) is 0 Å². The molecule has 1 aromatic heterocycles. The van der Waals surface area contributed by atoms with Gasteiger partial charge in [0, 0.05) is 18.4 Å². The first-order chi connectivity index (χ1) is 12.7. The Hall–Kier alpha value is -2.21. The Bertz CT molecular complexity index is 745. The highest BCUT2D eigenvalue weighted by Crippen LogP contribution is 2.38. The molecule has 0 bridgehead atoms. The van der Waals surface area contributed by atoms with Crippen LogP contribution >= 0.6 is 0 Å². The van der Waals surface area contributed by atoms with E-state index in [4.69, 9.17) is 0 Å². The molecule has 26 heavy (non-hydrogen) atoms. The number of hydrogen-bond donors (Lipinski definition) is 2. The number of carbonyl (C=O) groups excluding carboxylic acids is 1. The quantitative estimate of drug-likeness (QED) is 0.837. The van der Waals surface area contributed by atoms with E-state index in [0.29, 0.717) is 12.5 Å². The van der Waals surface area contributed by atoms with E-state index in [-0.39, 0.29) is 17.6 Å². The Morgan fingerprint density at radius 2 is 1.92 bits per heavy atom. The van der Waals surface area contributed by atoms with Crippen LogP contribution in [-0.2, 0) is 17.9 Å². The van der Waals surface area contributed by atoms with Crippen LogP contribution < -0.4 is 5.32 Å². The summed E-state index contributed by atoms with van der Waals surface area (Å²) in [5.41, 5.74) is 3.22. The molecule has 4 rings (SSSR count). The molecular weight excluding hydrogens is 331 g/mol. The van der Waals surface area contributed by atoms with Crippen LogP contribution in [0.2, 0.25) is 0 Å². The van der Waals surface area contributed by atoms with Crippen molar-refractivity contribution in [3.63, 3.8) is 0 Å². The lowest BCUT2D eigenvalue weighted by molar-refractivity contribution is -0.126. The molecule has 6 heteroatoms. The fourth-order valence-electron chi connectivity index (χ4n) is 3.59. The van der Waals surface area contributed by atoms with Crippen LogP contribution in [0.3, 0.4) is 0 Å². The zero-order valence-corrected chi connectivity index (χ0v) is 14.9. The molecule has 1 aliphatic carbocycles. The van der Waals surface area contributed by atoms with Crippen molar-refractivity contribution in [3.05, 3.63) is 53.1 Å². The highest BCUT2D eigenvalue weighted by atomic mass is 19.1. The molecule has 0 radical (unpaired) electrons. The zero-order chi connectivity index (χ0) is 17.9. The van der Waals surface area contributed by atoms with E-state index >= 15 is 0 Å². The van der Waals surface area contributed by atoms with Crippen LogP contribution in [0.15, 0.2) is 30.3 Å². The van der Waals surface area contributed by atoms with Crippen molar-refractivity contribution >= 4 is 5.91 Å². The number of hydrogen-bond acceptors (Lipinski definition) is 3. The molecule has 0 atom stereocenters. The van der Waals surface area contributed by atoms with E-state index in [1.807, 2.05) is 12.1 Å². The molecule has 1 saturated heterocycles. The van der Waals surface area contributed by atoms with E-state index in [1.54, 1.807) is 0 Å². The van der Waals surface area contributed by atoms with Crippen molar-refractivity contribution in [2.45, 2.75) is 44.7 Å². The summed E-state index contributed by atoms with van der Waals surface area (Å²) >= 11 is 0. The lowest BCUT2D eigenvalue weighted by atomic mass is 9.95. The second-order valence-corrected chi connectivity index (χ2v) is 7.49. The number of benzene rings is 1. The number of likely N-dealkylation sites (tertiary alicyclic amines) is 1. The predicted molar refractivity (Wildman–Crippen MR) is 96.8 cm³/mol. The van der Waals surface area contributed by atoms with E-state index < -0.39 is 0 Å². The Labute approximate surface area is 153 Å². The molecular formula is C20H25FN4O. The highest BCUT2D eigenvalue weighted by molar-refractivity contribution is 5.78. The maximum atomic E-state index is 13.0. The molecule has 1 aliphatic heterocycles. The number of rotatable bonds is 6. The van der Waals surface area contributed by atoms with Gasteiger partial charge in [0.1, 0.15) is 5.82 Å². The summed E-state index contributed by atoms with van der Waals surface area (Å²) in [7, 11) is 0. The van der Waals surface area contributed by atoms with Crippen molar-refractivity contribution in [2.75, 3.05) is 13.1 Å². The summed E-state index contributed by atoms with van der Waals surface area (Å²) in [6, 6.07) is 8.73. The lowest BCUT2D eigenvalue weighted by Gasteiger charge is -2.31. The lowest BCUT2D eigenvalue weighted by Crippen LogP contribution is -2.40. The topological polar surface area (TPSA) is 61.0 Å². The predicted octanol–water partition coefficient (Wildman–Crippen LogP) is 2.95. The van der Waals surface area contributed by atoms with Gasteiger partial charge in [-0.3, -0.25) is 14.8 Å². The third kappa shape index (κ3) is 4.30. The van der Waals surface area contributed by atoms with E-state index in [1.165, 1.54) is 25.0 Å². The van der Waals surface area contributed by atoms with Crippen LogP contribution in [0.4, 0.5) is 4.39 Å². The molecule has 2 N–H and O–H groups in total. The molecule has 2 aromatic rings. The minimum Gasteiger partial charge on any atom is -0.350 e. The monoisotopic (exact) mass is 356 g/mol. The first-order valence-corrected chi connectivity index (χ1v) is 9.46. The van der Waals surface area contributed by atoms with E-state index in [0.717, 1.165) is 49.4 Å². The summed E-state index contributed by atoms with van der Waals surface area (Å²) in [5, 5.41) is 10.4. The normalized spacial score (nSPS) is 18.8. The maximum absolute atomic E-state index is 13.0. The number of nitrogens with zero attached hydrogens (tertiary/aromatic N) is 2. The molecule has 138 valence electrons. The molecule has 1 amide bonds. The Morgan fingerprint density at radius 1 is 1.19 bits per heavy atom. The fraction of sp³-hybridized carbons (Fsp3) is 0.500. The van der Waals surface area contributed by atoms with Crippen molar-refractivity contribution in [1.82, 2.24) is 20.4 Å². The summed E-state index contributed by atoms with van der Waals surface area (Å²) in [6.45, 7) is 3.12. The van der Waals surface area contributed by atoms with Gasteiger partial charge in [0.05, 0.1) is 17.9 Å². The molecule has 1 saturated carbocycles. The van der Waals surface area contributed by atoms with Gasteiger partial charge in [-0.25, -0.2) is 4.39 Å². The number of aromatic nitrogens is 2. The second kappa shape index (κ2) is 7.58. The average Bonchev–Trinajstić information content (AvgIpc) is 3.40. The van der Waals surface area contributed by atoms with Crippen LogP contribution in [0.1, 0.15) is 48.6 Å². The van der Waals surface area contributed by atoms with Gasteiger partial charge >= 0.3 is 0 Å². The zero-order valence-electron chi connectivity index (χ0n) is 14.9. The standard InChI is InChI=1S/C20H25FN4O/c21-17-5-1-14(2-6-17)13-25-9-7-16(8-10-25)20(26)22-12-18-11-19(24-23-18)15-3-4-15/h1-2,5-6,11,15-16H,3-4,7-10,12-13H2,(H,22,26)(H,23,24). The van der Waals surface area contributed by atoms with Gasteiger partial charge in [-0.05, 0) is 62.5 Å². The maximum Gasteiger partial charge on any atom is 0.223 e. The van der Waals surface area contributed by atoms with Crippen molar-refractivity contribution in [2.24, 2.45) is 5.92 Å². The molecule has 0 unspecified atom stereocenters. The van der Waals surface area contributed by atoms with Crippen LogP contribution in [0, 0.1) is 11.7 Å². The summed E-state index contributed by atoms with van der Waals surface area (Å²) in [6.07, 6.45) is 4.19. The third-order valence-corrected chi connectivity index (χ3v) is 5.38. The van der Waals surface area contributed by atoms with Crippen LogP contribution in [0.25, 0.3) is 0 Å². The van der Waals surface area contributed by atoms with Gasteiger partial charge in [-0.2, -0.15) is 5.10 Å². The minimum absolute atomic E-state index is 0.0743. The molecule has 5 nitrogen and oxygen atoms in total. The Kier molecular flexibility index (Phi) is 5.02. The fourth-order valence-corrected chi connectivity index (χ4v) is 3.59. The van der Waals surface area contributed by atoms with Crippen LogP contribution in [-0.4, -0.2) is 34.1 Å². The van der Waals surface area contributed by atoms with Crippen molar-refractivity contribution in [3.8, 4) is 0 Å². The summed E-state index contributed by atoms with van der Waals surface area (Å²) < 4.78 is 13.0. The van der Waals surface area contributed by atoms with Gasteiger partial charge in [0.15, 0.2) is 0 Å². The third-order valence-electron chi connectivity index (χ3n) is 5.38. The minimum atomic E-state index is -0.203. The van der Waals surface area contributed by atoms with E-state index in [2.05, 4.69) is 26.5 Å². The second-order valence-electron chi connectivity index (χ2n) is 7.49. The number of piperidine rings is 1. The molecule has 1 aromatic carbocycles. The SMILES string of the molecule is O=C(NCc1cc(C2CC2)n[nH]1)C1CCN(Cc2ccc(F)cc2)CC1. The molecule has 2 heterocycles. The van der Waals surface area contributed by atoms with Crippen LogP contribution in [0.5, 0.6) is 0 Å². The first kappa shape index (κ1) is 17.2. The molecule has 0 spiro atoms. The van der Waals surface area contributed by atoms with Gasteiger partial charge in [-0.1, -0.05) is 12.1 Å². The number of halogens is 1. The number of carbonyl (C=O) groups is 1. The van der Waals surface area contributed by atoms with Crippen molar-refractivity contribution < 1.29 is 9.18 Å². The van der Waals surface area contributed by atoms with Crippen molar-refractivity contribution in [1.29, 1.82) is 0 Å². The smallest absolute Gasteiger partial charge is 0.223 e. The Balaban J connectivity index is 1.20. The summed E-state index contributed by atoms with van der Waals surface area (Å²) in [4.78, 5) is 14.7. The van der Waals surface area contributed by atoms with Gasteiger partial charge in [0.2, 0.25) is 5.91 Å². The highest BCUT2D eigenvalue weighted by Gasteiger charge is 2.27. The van der Waals surface area contributed by atoms with Gasteiger partial charge < -0.3 is 5.32 Å². The number of H-pyrrole nitrogens is 1. The Morgan fingerprint density at radius 3 is 2.62 bits per heavy atom.